The van der Waals surface area contributed by atoms with Crippen LogP contribution in [0, 0.1) is 11.8 Å². The minimum Gasteiger partial charge on any atom is -0.481 e. The molecule has 2 atom stereocenters. The zero-order valence-electron chi connectivity index (χ0n) is 13.6. The summed E-state index contributed by atoms with van der Waals surface area (Å²) in [6.07, 6.45) is 2.74. The van der Waals surface area contributed by atoms with Crippen LogP contribution in [0.15, 0.2) is 6.20 Å². The van der Waals surface area contributed by atoms with E-state index in [1.54, 1.807) is 6.20 Å². The van der Waals surface area contributed by atoms with E-state index in [9.17, 15) is 9.90 Å². The van der Waals surface area contributed by atoms with Gasteiger partial charge in [0, 0.05) is 23.5 Å². The van der Waals surface area contributed by atoms with Gasteiger partial charge in [0.2, 0.25) is 0 Å². The van der Waals surface area contributed by atoms with E-state index in [0.29, 0.717) is 30.3 Å². The molecule has 132 valence electrons. The van der Waals surface area contributed by atoms with Gasteiger partial charge in [-0.05, 0) is 29.2 Å². The van der Waals surface area contributed by atoms with E-state index in [2.05, 4.69) is 30.9 Å². The monoisotopic (exact) mass is 354 g/mol. The summed E-state index contributed by atoms with van der Waals surface area (Å²) in [7, 11) is 0. The number of nitrogens with one attached hydrogen (secondary N) is 2. The number of rotatable bonds is 10. The molecule has 10 heteroatoms. The highest BCUT2D eigenvalue weighted by Gasteiger charge is 2.33. The number of H-pyrrole nitrogens is 1. The second-order valence-corrected chi connectivity index (χ2v) is 7.07. The van der Waals surface area contributed by atoms with Crippen LogP contribution in [0.2, 0.25) is 0 Å². The Balaban J connectivity index is 2.20. The second kappa shape index (κ2) is 8.69. The lowest BCUT2D eigenvalue weighted by Gasteiger charge is -2.22. The van der Waals surface area contributed by atoms with Crippen molar-refractivity contribution in [3.05, 3.63) is 16.9 Å². The minimum atomic E-state index is -0.853. The Bertz CT molecular complexity index is 630. The number of carboxylic acids is 1. The first-order chi connectivity index (χ1) is 11.5. The topological polar surface area (TPSA) is 137 Å². The summed E-state index contributed by atoms with van der Waals surface area (Å²) < 4.78 is 0. The summed E-state index contributed by atoms with van der Waals surface area (Å²) in [5, 5.41) is 36.0. The van der Waals surface area contributed by atoms with Crippen molar-refractivity contribution in [3.63, 3.8) is 0 Å². The average molecular weight is 354 g/mol. The van der Waals surface area contributed by atoms with Gasteiger partial charge in [-0.1, -0.05) is 13.8 Å². The molecular weight excluding hydrogens is 332 g/mol. The van der Waals surface area contributed by atoms with Gasteiger partial charge in [0.15, 0.2) is 11.0 Å². The van der Waals surface area contributed by atoms with E-state index >= 15 is 0 Å². The lowest BCUT2D eigenvalue weighted by Crippen LogP contribution is -2.26. The molecule has 2 aromatic rings. The van der Waals surface area contributed by atoms with Gasteiger partial charge >= 0.3 is 5.97 Å². The summed E-state index contributed by atoms with van der Waals surface area (Å²) in [6, 6.07) is 0. The first-order valence-electron chi connectivity index (χ1n) is 7.77. The molecule has 0 saturated heterocycles. The molecule has 2 heterocycles. The molecule has 4 N–H and O–H groups in total. The first kappa shape index (κ1) is 18.3. The van der Waals surface area contributed by atoms with Crippen LogP contribution in [0.4, 0.5) is 5.13 Å². The number of aliphatic carboxylic acids is 1. The molecule has 0 aliphatic heterocycles. The van der Waals surface area contributed by atoms with Crippen LogP contribution < -0.4 is 5.32 Å². The van der Waals surface area contributed by atoms with Crippen molar-refractivity contribution in [2.45, 2.75) is 32.6 Å². The Hall–Kier alpha value is -2.07. The molecule has 0 spiro atoms. The van der Waals surface area contributed by atoms with E-state index in [-0.39, 0.29) is 18.4 Å². The predicted molar refractivity (Wildman–Crippen MR) is 88.9 cm³/mol. The van der Waals surface area contributed by atoms with Gasteiger partial charge in [0.1, 0.15) is 0 Å². The van der Waals surface area contributed by atoms with Crippen molar-refractivity contribution >= 4 is 22.4 Å². The number of carbonyl (C=O) groups is 1. The third-order valence-electron chi connectivity index (χ3n) is 3.60. The number of carboxylic acid groups (broad SMARTS) is 1. The molecule has 2 aromatic heterocycles. The van der Waals surface area contributed by atoms with E-state index in [4.69, 9.17) is 5.11 Å². The molecule has 0 saturated carbocycles. The van der Waals surface area contributed by atoms with Gasteiger partial charge in [0.05, 0.1) is 12.5 Å². The van der Waals surface area contributed by atoms with Crippen molar-refractivity contribution in [2.24, 2.45) is 11.8 Å². The third kappa shape index (κ3) is 4.96. The summed E-state index contributed by atoms with van der Waals surface area (Å²) in [4.78, 5) is 17.0. The Labute approximate surface area is 143 Å². The molecule has 0 aliphatic carbocycles. The number of hydrogen-bond acceptors (Lipinski definition) is 8. The fraction of sp³-hybridized carbons (Fsp3) is 0.643. The fourth-order valence-corrected chi connectivity index (χ4v) is 3.46. The van der Waals surface area contributed by atoms with Crippen LogP contribution >= 0.6 is 11.3 Å². The number of aliphatic hydroxyl groups excluding tert-OH is 1. The summed E-state index contributed by atoms with van der Waals surface area (Å²) >= 11 is 1.44. The van der Waals surface area contributed by atoms with E-state index in [1.165, 1.54) is 11.3 Å². The fourth-order valence-electron chi connectivity index (χ4n) is 2.56. The molecule has 9 nitrogen and oxygen atoms in total. The van der Waals surface area contributed by atoms with Crippen LogP contribution in [-0.2, 0) is 11.2 Å². The first-order valence-corrected chi connectivity index (χ1v) is 8.58. The molecule has 0 unspecified atom stereocenters. The van der Waals surface area contributed by atoms with Gasteiger partial charge in [-0.3, -0.25) is 4.79 Å². The number of aromatic nitrogens is 5. The Kier molecular flexibility index (Phi) is 6.62. The standard InChI is InChI=1S/C14H22N6O3S/c1-8(2)5-11(13(22)23)10(12-17-19-20-18-12)6-9-7-16-14(24-9)15-3-4-21/h7-8,10-11,21H,3-6H2,1-2H3,(H,15,16)(H,22,23)(H,17,18,19,20)/t10-,11-/m0/s1. The quantitative estimate of drug-likeness (QED) is 0.498. The van der Waals surface area contributed by atoms with E-state index in [1.807, 2.05) is 13.8 Å². The van der Waals surface area contributed by atoms with Crippen molar-refractivity contribution in [1.82, 2.24) is 25.6 Å². The predicted octanol–water partition coefficient (Wildman–Crippen LogP) is 1.13. The Morgan fingerprint density at radius 1 is 1.46 bits per heavy atom. The molecule has 0 amide bonds. The zero-order chi connectivity index (χ0) is 17.5. The summed E-state index contributed by atoms with van der Waals surface area (Å²) in [6.45, 7) is 4.44. The maximum atomic E-state index is 11.8. The highest BCUT2D eigenvalue weighted by molar-refractivity contribution is 7.15. The van der Waals surface area contributed by atoms with Crippen molar-refractivity contribution in [2.75, 3.05) is 18.5 Å². The minimum absolute atomic E-state index is 0.0246. The highest BCUT2D eigenvalue weighted by Crippen LogP contribution is 2.33. The van der Waals surface area contributed by atoms with Crippen LogP contribution in [0.3, 0.4) is 0 Å². The number of aliphatic hydroxyl groups is 1. The van der Waals surface area contributed by atoms with Crippen molar-refractivity contribution in [3.8, 4) is 0 Å². The number of anilines is 1. The maximum Gasteiger partial charge on any atom is 0.307 e. The molecule has 2 rings (SSSR count). The van der Waals surface area contributed by atoms with Gasteiger partial charge in [-0.25, -0.2) is 10.1 Å². The van der Waals surface area contributed by atoms with Crippen LogP contribution in [0.5, 0.6) is 0 Å². The molecule has 0 aromatic carbocycles. The van der Waals surface area contributed by atoms with Gasteiger partial charge in [0.25, 0.3) is 0 Å². The third-order valence-corrected chi connectivity index (χ3v) is 4.58. The van der Waals surface area contributed by atoms with E-state index in [0.717, 1.165) is 4.88 Å². The average Bonchev–Trinajstić information content (AvgIpc) is 3.19. The molecule has 0 radical (unpaired) electrons. The number of tetrazole rings is 1. The maximum absolute atomic E-state index is 11.8. The summed E-state index contributed by atoms with van der Waals surface area (Å²) in [5.41, 5.74) is 0. The zero-order valence-corrected chi connectivity index (χ0v) is 14.5. The SMILES string of the molecule is CC(C)C[C@H](C(=O)O)[C@H](Cc1cnc(NCCO)s1)c1nnn[nH]1. The van der Waals surface area contributed by atoms with Crippen molar-refractivity contribution in [1.29, 1.82) is 0 Å². The highest BCUT2D eigenvalue weighted by atomic mass is 32.1. The molecule has 24 heavy (non-hydrogen) atoms. The van der Waals surface area contributed by atoms with Crippen molar-refractivity contribution < 1.29 is 15.0 Å². The Morgan fingerprint density at radius 3 is 2.83 bits per heavy atom. The number of hydrogen-bond donors (Lipinski definition) is 4. The smallest absolute Gasteiger partial charge is 0.307 e. The van der Waals surface area contributed by atoms with Crippen LogP contribution in [-0.4, -0.2) is 54.9 Å². The molecule has 0 fully saturated rings. The van der Waals surface area contributed by atoms with Crippen LogP contribution in [0.1, 0.15) is 36.9 Å². The number of thiazole rings is 1. The van der Waals surface area contributed by atoms with Crippen LogP contribution in [0.25, 0.3) is 0 Å². The van der Waals surface area contributed by atoms with Gasteiger partial charge in [-0.2, -0.15) is 0 Å². The Morgan fingerprint density at radius 2 is 2.25 bits per heavy atom. The second-order valence-electron chi connectivity index (χ2n) is 5.95. The lowest BCUT2D eigenvalue weighted by atomic mass is 9.82. The van der Waals surface area contributed by atoms with Gasteiger partial charge in [-0.15, -0.1) is 16.4 Å². The molecular formula is C14H22N6O3S. The molecule has 0 bridgehead atoms. The van der Waals surface area contributed by atoms with E-state index < -0.39 is 11.9 Å². The normalized spacial score (nSPS) is 13.8. The summed E-state index contributed by atoms with van der Waals surface area (Å²) in [5.74, 6) is -1.08. The number of aromatic amines is 1. The number of nitrogens with zero attached hydrogens (tertiary/aromatic N) is 4. The molecule has 0 aliphatic rings. The lowest BCUT2D eigenvalue weighted by molar-refractivity contribution is -0.143. The van der Waals surface area contributed by atoms with Gasteiger partial charge < -0.3 is 15.5 Å². The largest absolute Gasteiger partial charge is 0.481 e.